The Hall–Kier alpha value is -1.61. The number of hydrogen-bond donors (Lipinski definition) is 2. The molecule has 23 heavy (non-hydrogen) atoms. The van der Waals surface area contributed by atoms with Crippen molar-refractivity contribution in [2.75, 3.05) is 32.1 Å². The van der Waals surface area contributed by atoms with E-state index in [2.05, 4.69) is 15.3 Å². The van der Waals surface area contributed by atoms with E-state index >= 15 is 0 Å². The molecule has 0 spiro atoms. The lowest BCUT2D eigenvalue weighted by molar-refractivity contribution is -0.155. The first-order valence-corrected chi connectivity index (χ1v) is 7.46. The van der Waals surface area contributed by atoms with E-state index in [1.54, 1.807) is 12.3 Å². The zero-order chi connectivity index (χ0) is 16.9. The van der Waals surface area contributed by atoms with Crippen molar-refractivity contribution in [3.05, 3.63) is 12.3 Å². The third-order valence-electron chi connectivity index (χ3n) is 3.70. The van der Waals surface area contributed by atoms with E-state index in [-0.39, 0.29) is 12.6 Å². The third-order valence-corrected chi connectivity index (χ3v) is 3.70. The average Bonchev–Trinajstić information content (AvgIpc) is 2.47. The molecule has 1 aliphatic heterocycles. The lowest BCUT2D eigenvalue weighted by Gasteiger charge is -2.33. The molecule has 2 heterocycles. The second kappa shape index (κ2) is 7.78. The van der Waals surface area contributed by atoms with Crippen LogP contribution in [0, 0.1) is 0 Å². The molecule has 1 atom stereocenters. The highest BCUT2D eigenvalue weighted by molar-refractivity contribution is 5.28. The van der Waals surface area contributed by atoms with E-state index in [9.17, 15) is 18.3 Å². The topological polar surface area (TPSA) is 70.5 Å². The second-order valence-corrected chi connectivity index (χ2v) is 5.61. The number of methoxy groups -OCH3 is 1. The summed E-state index contributed by atoms with van der Waals surface area (Å²) < 4.78 is 41.7. The molecule has 9 heteroatoms. The summed E-state index contributed by atoms with van der Waals surface area (Å²) in [6.45, 7) is 1.29. The second-order valence-electron chi connectivity index (χ2n) is 5.61. The highest BCUT2D eigenvalue weighted by Gasteiger charge is 2.32. The summed E-state index contributed by atoms with van der Waals surface area (Å²) in [7, 11) is 1.52. The van der Waals surface area contributed by atoms with Crippen LogP contribution in [0.5, 0.6) is 5.88 Å². The first-order chi connectivity index (χ1) is 10.9. The SMILES string of the molecule is COc1ccnc(NC2CCN(CC(O)CC(F)(F)F)CC2)n1. The monoisotopic (exact) mass is 334 g/mol. The number of likely N-dealkylation sites (tertiary alicyclic amines) is 1. The molecule has 6 nitrogen and oxygen atoms in total. The smallest absolute Gasteiger partial charge is 0.391 e. The first-order valence-electron chi connectivity index (χ1n) is 7.46. The molecular weight excluding hydrogens is 313 g/mol. The zero-order valence-electron chi connectivity index (χ0n) is 12.9. The van der Waals surface area contributed by atoms with Gasteiger partial charge in [-0.25, -0.2) is 4.98 Å². The minimum absolute atomic E-state index is 0.0435. The number of aromatic nitrogens is 2. The van der Waals surface area contributed by atoms with E-state index in [0.29, 0.717) is 24.9 Å². The molecule has 0 radical (unpaired) electrons. The zero-order valence-corrected chi connectivity index (χ0v) is 12.9. The van der Waals surface area contributed by atoms with Crippen molar-refractivity contribution in [1.82, 2.24) is 14.9 Å². The maximum absolute atomic E-state index is 12.2. The Kier molecular flexibility index (Phi) is 6.00. The molecule has 2 rings (SSSR count). The van der Waals surface area contributed by atoms with Gasteiger partial charge in [-0.1, -0.05) is 0 Å². The molecule has 1 aromatic heterocycles. The minimum atomic E-state index is -4.33. The number of rotatable bonds is 6. The summed E-state index contributed by atoms with van der Waals surface area (Å²) in [6.07, 6.45) is -3.78. The number of nitrogens with one attached hydrogen (secondary N) is 1. The minimum Gasteiger partial charge on any atom is -0.481 e. The fraction of sp³-hybridized carbons (Fsp3) is 0.714. The molecule has 1 aliphatic rings. The van der Waals surface area contributed by atoms with E-state index in [0.717, 1.165) is 12.8 Å². The maximum atomic E-state index is 12.2. The van der Waals surface area contributed by atoms with Gasteiger partial charge in [-0.05, 0) is 12.8 Å². The lowest BCUT2D eigenvalue weighted by Crippen LogP contribution is -2.43. The van der Waals surface area contributed by atoms with Gasteiger partial charge in [0, 0.05) is 37.9 Å². The molecular formula is C14H21F3N4O2. The number of aliphatic hydroxyl groups is 1. The van der Waals surface area contributed by atoms with Crippen molar-refractivity contribution in [2.45, 2.75) is 37.6 Å². The van der Waals surface area contributed by atoms with Gasteiger partial charge in [0.2, 0.25) is 11.8 Å². The summed E-state index contributed by atoms with van der Waals surface area (Å²) in [5.41, 5.74) is 0. The van der Waals surface area contributed by atoms with Crippen molar-refractivity contribution in [3.63, 3.8) is 0 Å². The van der Waals surface area contributed by atoms with Crippen molar-refractivity contribution < 1.29 is 23.0 Å². The van der Waals surface area contributed by atoms with E-state index in [4.69, 9.17) is 4.74 Å². The fourth-order valence-electron chi connectivity index (χ4n) is 2.60. The Labute approximate surface area is 132 Å². The number of aliphatic hydroxyl groups excluding tert-OH is 1. The van der Waals surface area contributed by atoms with Crippen LogP contribution >= 0.6 is 0 Å². The van der Waals surface area contributed by atoms with Gasteiger partial charge in [-0.15, -0.1) is 0 Å². The van der Waals surface area contributed by atoms with Gasteiger partial charge in [0.25, 0.3) is 0 Å². The summed E-state index contributed by atoms with van der Waals surface area (Å²) in [5, 5.41) is 12.7. The predicted octanol–water partition coefficient (Wildman–Crippen LogP) is 1.67. The van der Waals surface area contributed by atoms with Crippen molar-refractivity contribution in [3.8, 4) is 5.88 Å². The number of halogens is 3. The number of ether oxygens (including phenoxy) is 1. The summed E-state index contributed by atoms with van der Waals surface area (Å²) >= 11 is 0. The van der Waals surface area contributed by atoms with Gasteiger partial charge in [0.15, 0.2) is 0 Å². The summed E-state index contributed by atoms with van der Waals surface area (Å²) in [5.74, 6) is 0.940. The van der Waals surface area contributed by atoms with Crippen molar-refractivity contribution >= 4 is 5.95 Å². The lowest BCUT2D eigenvalue weighted by atomic mass is 10.0. The van der Waals surface area contributed by atoms with Crippen molar-refractivity contribution in [1.29, 1.82) is 0 Å². The number of β-amino-alcohol motifs (C(OH)–C–C–N with tert-alkyl or cyclic N) is 1. The standard InChI is InChI=1S/C14H21F3N4O2/c1-23-12-2-5-18-13(20-12)19-10-3-6-21(7-4-10)9-11(22)8-14(15,16)17/h2,5,10-11,22H,3-4,6-9H2,1H3,(H,18,19,20). The molecule has 0 aromatic carbocycles. The molecule has 1 fully saturated rings. The van der Waals surface area contributed by atoms with Gasteiger partial charge in [0.05, 0.1) is 19.6 Å². The van der Waals surface area contributed by atoms with Crippen LogP contribution in [0.25, 0.3) is 0 Å². The molecule has 1 aromatic rings. The van der Waals surface area contributed by atoms with Crippen LogP contribution in [0.4, 0.5) is 19.1 Å². The quantitative estimate of drug-likeness (QED) is 0.825. The molecule has 0 amide bonds. The molecule has 0 bridgehead atoms. The molecule has 130 valence electrons. The van der Waals surface area contributed by atoms with Gasteiger partial charge >= 0.3 is 6.18 Å². The Balaban J connectivity index is 1.75. The average molecular weight is 334 g/mol. The normalized spacial score (nSPS) is 18.7. The first kappa shape index (κ1) is 17.7. The van der Waals surface area contributed by atoms with E-state index < -0.39 is 18.7 Å². The van der Waals surface area contributed by atoms with Crippen LogP contribution in [0.15, 0.2) is 12.3 Å². The Morgan fingerprint density at radius 1 is 1.43 bits per heavy atom. The molecule has 2 N–H and O–H groups in total. The molecule has 0 saturated carbocycles. The maximum Gasteiger partial charge on any atom is 0.391 e. The number of hydrogen-bond acceptors (Lipinski definition) is 6. The van der Waals surface area contributed by atoms with Crippen LogP contribution in [0.2, 0.25) is 0 Å². The van der Waals surface area contributed by atoms with Gasteiger partial charge in [-0.3, -0.25) is 0 Å². The highest BCUT2D eigenvalue weighted by Crippen LogP contribution is 2.23. The van der Waals surface area contributed by atoms with Crippen LogP contribution in [0.1, 0.15) is 19.3 Å². The largest absolute Gasteiger partial charge is 0.481 e. The molecule has 1 saturated heterocycles. The van der Waals surface area contributed by atoms with E-state index in [1.807, 2.05) is 4.90 Å². The van der Waals surface area contributed by atoms with Crippen LogP contribution in [0.3, 0.4) is 0 Å². The Morgan fingerprint density at radius 3 is 2.74 bits per heavy atom. The van der Waals surface area contributed by atoms with Crippen molar-refractivity contribution in [2.24, 2.45) is 0 Å². The number of alkyl halides is 3. The third kappa shape index (κ3) is 6.19. The van der Waals surface area contributed by atoms with E-state index in [1.165, 1.54) is 7.11 Å². The number of piperidine rings is 1. The number of nitrogens with zero attached hydrogens (tertiary/aromatic N) is 3. The van der Waals surface area contributed by atoms with Crippen LogP contribution < -0.4 is 10.1 Å². The molecule has 0 aliphatic carbocycles. The Bertz CT molecular complexity index is 493. The predicted molar refractivity (Wildman–Crippen MR) is 78.3 cm³/mol. The van der Waals surface area contributed by atoms with Crippen LogP contribution in [-0.2, 0) is 0 Å². The molecule has 1 unspecified atom stereocenters. The van der Waals surface area contributed by atoms with Gasteiger partial charge in [-0.2, -0.15) is 18.2 Å². The van der Waals surface area contributed by atoms with Gasteiger partial charge in [0.1, 0.15) is 0 Å². The van der Waals surface area contributed by atoms with Crippen LogP contribution in [-0.4, -0.2) is 65.0 Å². The highest BCUT2D eigenvalue weighted by atomic mass is 19.4. The fourth-order valence-corrected chi connectivity index (χ4v) is 2.60. The number of anilines is 1. The summed E-state index contributed by atoms with van der Waals surface area (Å²) in [6, 6.07) is 1.80. The summed E-state index contributed by atoms with van der Waals surface area (Å²) in [4.78, 5) is 10.1. The van der Waals surface area contributed by atoms with Gasteiger partial charge < -0.3 is 20.1 Å². The Morgan fingerprint density at radius 2 is 2.13 bits per heavy atom.